The van der Waals surface area contributed by atoms with Crippen LogP contribution in [0.15, 0.2) is 41.5 Å². The molecule has 2 aliphatic heterocycles. The quantitative estimate of drug-likeness (QED) is 0.673. The SMILES string of the molecule is CC(C)c1cnc(CN2CC3CN(c4cc(-n5cccn5)ncn4)CC3C2)o1. The average molecular weight is 379 g/mol. The lowest BCUT2D eigenvalue weighted by atomic mass is 10.0. The van der Waals surface area contributed by atoms with E-state index >= 15 is 0 Å². The molecule has 2 fully saturated rings. The molecule has 2 aliphatic rings. The zero-order valence-corrected chi connectivity index (χ0v) is 16.3. The Morgan fingerprint density at radius 2 is 1.86 bits per heavy atom. The number of hydrogen-bond donors (Lipinski definition) is 0. The second kappa shape index (κ2) is 7.01. The second-order valence-corrected chi connectivity index (χ2v) is 8.12. The second-order valence-electron chi connectivity index (χ2n) is 8.12. The number of fused-ring (bicyclic) bond motifs is 1. The number of aromatic nitrogens is 5. The molecule has 2 saturated heterocycles. The van der Waals surface area contributed by atoms with Crippen LogP contribution in [0.1, 0.15) is 31.4 Å². The minimum absolute atomic E-state index is 0.382. The van der Waals surface area contributed by atoms with Crippen LogP contribution < -0.4 is 4.90 Å². The molecule has 3 aromatic rings. The fourth-order valence-electron chi connectivity index (χ4n) is 4.30. The molecule has 2 atom stereocenters. The van der Waals surface area contributed by atoms with Gasteiger partial charge in [0.15, 0.2) is 5.82 Å². The Balaban J connectivity index is 1.22. The molecule has 3 aromatic heterocycles. The van der Waals surface area contributed by atoms with Crippen LogP contribution in [0.5, 0.6) is 0 Å². The van der Waals surface area contributed by atoms with E-state index in [1.165, 1.54) is 0 Å². The van der Waals surface area contributed by atoms with E-state index in [2.05, 4.69) is 43.7 Å². The van der Waals surface area contributed by atoms with Crippen LogP contribution in [0.2, 0.25) is 0 Å². The molecular formula is C20H25N7O. The summed E-state index contributed by atoms with van der Waals surface area (Å²) in [7, 11) is 0. The number of likely N-dealkylation sites (tertiary alicyclic amines) is 1. The van der Waals surface area contributed by atoms with E-state index < -0.39 is 0 Å². The van der Waals surface area contributed by atoms with E-state index in [1.54, 1.807) is 17.2 Å². The standard InChI is InChI=1S/C20H25N7O/c1-14(2)17-7-21-20(28-17)12-25-8-15-10-26(11-16(15)9-25)18-6-19(23-13-22-18)27-5-3-4-24-27/h3-7,13-16H,8-12H2,1-2H3. The third kappa shape index (κ3) is 3.28. The zero-order chi connectivity index (χ0) is 19.1. The summed E-state index contributed by atoms with van der Waals surface area (Å²) >= 11 is 0. The first-order valence-corrected chi connectivity index (χ1v) is 9.89. The summed E-state index contributed by atoms with van der Waals surface area (Å²) in [6.07, 6.45) is 7.15. The number of nitrogens with zero attached hydrogens (tertiary/aromatic N) is 7. The van der Waals surface area contributed by atoms with Crippen LogP contribution in [0.4, 0.5) is 5.82 Å². The molecule has 0 amide bonds. The Hall–Kier alpha value is -2.74. The monoisotopic (exact) mass is 379 g/mol. The Labute approximate surface area is 164 Å². The van der Waals surface area contributed by atoms with Crippen LogP contribution >= 0.6 is 0 Å². The van der Waals surface area contributed by atoms with Gasteiger partial charge < -0.3 is 9.32 Å². The fourth-order valence-corrected chi connectivity index (χ4v) is 4.30. The molecule has 0 saturated carbocycles. The highest BCUT2D eigenvalue weighted by molar-refractivity contribution is 5.44. The van der Waals surface area contributed by atoms with Crippen molar-refractivity contribution in [1.29, 1.82) is 0 Å². The Morgan fingerprint density at radius 3 is 2.54 bits per heavy atom. The zero-order valence-electron chi connectivity index (χ0n) is 16.3. The highest BCUT2D eigenvalue weighted by atomic mass is 16.4. The molecule has 2 unspecified atom stereocenters. The number of hydrogen-bond acceptors (Lipinski definition) is 7. The first-order valence-electron chi connectivity index (χ1n) is 9.89. The number of rotatable bonds is 5. The number of oxazole rings is 1. The van der Waals surface area contributed by atoms with Crippen molar-refractivity contribution in [3.05, 3.63) is 48.7 Å². The molecule has 0 aliphatic carbocycles. The third-order valence-corrected chi connectivity index (χ3v) is 5.76. The van der Waals surface area contributed by atoms with Gasteiger partial charge in [-0.05, 0) is 17.9 Å². The van der Waals surface area contributed by atoms with Crippen molar-refractivity contribution in [3.63, 3.8) is 0 Å². The van der Waals surface area contributed by atoms with E-state index in [-0.39, 0.29) is 0 Å². The lowest BCUT2D eigenvalue weighted by Crippen LogP contribution is -2.29. The molecular weight excluding hydrogens is 354 g/mol. The average Bonchev–Trinajstić information content (AvgIpc) is 3.46. The minimum Gasteiger partial charge on any atom is -0.444 e. The first kappa shape index (κ1) is 17.4. The highest BCUT2D eigenvalue weighted by Gasteiger charge is 2.40. The third-order valence-electron chi connectivity index (χ3n) is 5.76. The molecule has 5 heterocycles. The van der Waals surface area contributed by atoms with E-state index in [1.807, 2.05) is 24.5 Å². The molecule has 0 aromatic carbocycles. The molecule has 0 spiro atoms. The van der Waals surface area contributed by atoms with Gasteiger partial charge in [-0.2, -0.15) is 5.10 Å². The summed E-state index contributed by atoms with van der Waals surface area (Å²) in [6, 6.07) is 3.92. The Kier molecular flexibility index (Phi) is 4.35. The van der Waals surface area contributed by atoms with Crippen molar-refractivity contribution >= 4 is 5.82 Å². The normalized spacial score (nSPS) is 22.3. The first-order chi connectivity index (χ1) is 13.7. The molecule has 0 bridgehead atoms. The maximum atomic E-state index is 5.88. The Morgan fingerprint density at radius 1 is 1.07 bits per heavy atom. The molecule has 28 heavy (non-hydrogen) atoms. The summed E-state index contributed by atoms with van der Waals surface area (Å²) < 4.78 is 7.65. The lowest BCUT2D eigenvalue weighted by Gasteiger charge is -2.21. The van der Waals surface area contributed by atoms with Crippen molar-refractivity contribution in [3.8, 4) is 5.82 Å². The molecule has 8 nitrogen and oxygen atoms in total. The molecule has 146 valence electrons. The molecule has 0 radical (unpaired) electrons. The van der Waals surface area contributed by atoms with Gasteiger partial charge >= 0.3 is 0 Å². The summed E-state index contributed by atoms with van der Waals surface area (Å²) in [5, 5.41) is 4.26. The van der Waals surface area contributed by atoms with Crippen molar-refractivity contribution in [1.82, 2.24) is 29.6 Å². The van der Waals surface area contributed by atoms with Gasteiger partial charge in [-0.15, -0.1) is 0 Å². The smallest absolute Gasteiger partial charge is 0.208 e. The van der Waals surface area contributed by atoms with Crippen LogP contribution in [0.25, 0.3) is 5.82 Å². The predicted octanol–water partition coefficient (Wildman–Crippen LogP) is 2.34. The van der Waals surface area contributed by atoms with Crippen LogP contribution in [0.3, 0.4) is 0 Å². The molecule has 0 N–H and O–H groups in total. The number of anilines is 1. The largest absolute Gasteiger partial charge is 0.444 e. The maximum absolute atomic E-state index is 5.88. The summed E-state index contributed by atoms with van der Waals surface area (Å²) in [5.74, 6) is 5.28. The maximum Gasteiger partial charge on any atom is 0.208 e. The van der Waals surface area contributed by atoms with Crippen LogP contribution in [-0.4, -0.2) is 55.8 Å². The molecule has 8 heteroatoms. The molecule has 5 rings (SSSR count). The van der Waals surface area contributed by atoms with Gasteiger partial charge in [-0.25, -0.2) is 19.6 Å². The van der Waals surface area contributed by atoms with Gasteiger partial charge in [0.2, 0.25) is 5.89 Å². The van der Waals surface area contributed by atoms with Crippen molar-refractivity contribution in [2.45, 2.75) is 26.3 Å². The Bertz CT molecular complexity index is 922. The van der Waals surface area contributed by atoms with Gasteiger partial charge in [-0.1, -0.05) is 13.8 Å². The van der Waals surface area contributed by atoms with E-state index in [0.29, 0.717) is 17.8 Å². The topological polar surface area (TPSA) is 76.1 Å². The van der Waals surface area contributed by atoms with E-state index in [4.69, 9.17) is 4.42 Å². The minimum atomic E-state index is 0.382. The van der Waals surface area contributed by atoms with Crippen molar-refractivity contribution in [2.75, 3.05) is 31.1 Å². The summed E-state index contributed by atoms with van der Waals surface area (Å²) in [5.41, 5.74) is 0. The predicted molar refractivity (Wildman–Crippen MR) is 104 cm³/mol. The van der Waals surface area contributed by atoms with Gasteiger partial charge in [0.05, 0.1) is 12.7 Å². The van der Waals surface area contributed by atoms with E-state index in [9.17, 15) is 0 Å². The van der Waals surface area contributed by atoms with Gasteiger partial charge in [0, 0.05) is 50.6 Å². The summed E-state index contributed by atoms with van der Waals surface area (Å²) in [6.45, 7) is 9.28. The van der Waals surface area contributed by atoms with Crippen LogP contribution in [0, 0.1) is 11.8 Å². The lowest BCUT2D eigenvalue weighted by molar-refractivity contribution is 0.269. The highest BCUT2D eigenvalue weighted by Crippen LogP contribution is 2.34. The van der Waals surface area contributed by atoms with Gasteiger partial charge in [-0.3, -0.25) is 4.90 Å². The van der Waals surface area contributed by atoms with Crippen molar-refractivity contribution < 1.29 is 4.42 Å². The van der Waals surface area contributed by atoms with E-state index in [0.717, 1.165) is 56.0 Å². The van der Waals surface area contributed by atoms with Crippen molar-refractivity contribution in [2.24, 2.45) is 11.8 Å². The van der Waals surface area contributed by atoms with Crippen LogP contribution in [-0.2, 0) is 6.54 Å². The summed E-state index contributed by atoms with van der Waals surface area (Å²) in [4.78, 5) is 18.1. The van der Waals surface area contributed by atoms with Gasteiger partial charge in [0.25, 0.3) is 0 Å². The van der Waals surface area contributed by atoms with Gasteiger partial charge in [0.1, 0.15) is 17.9 Å². The fraction of sp³-hybridized carbons (Fsp3) is 0.500.